The van der Waals surface area contributed by atoms with Crippen LogP contribution in [0.2, 0.25) is 0 Å². The highest BCUT2D eigenvalue weighted by Crippen LogP contribution is 2.29. The highest BCUT2D eigenvalue weighted by Gasteiger charge is 2.37. The van der Waals surface area contributed by atoms with Crippen molar-refractivity contribution in [3.05, 3.63) is 42.5 Å². The molecule has 3 rings (SSSR count). The van der Waals surface area contributed by atoms with E-state index in [0.717, 1.165) is 23.7 Å². The molecular formula is C19H27N5O2. The molecule has 2 aromatic rings. The predicted molar refractivity (Wildman–Crippen MR) is 101 cm³/mol. The van der Waals surface area contributed by atoms with E-state index in [1.165, 1.54) is 0 Å². The lowest BCUT2D eigenvalue weighted by atomic mass is 9.96. The predicted octanol–water partition coefficient (Wildman–Crippen LogP) is 1.42. The van der Waals surface area contributed by atoms with Crippen molar-refractivity contribution in [1.29, 1.82) is 0 Å². The lowest BCUT2D eigenvalue weighted by Crippen LogP contribution is -2.62. The number of benzene rings is 1. The van der Waals surface area contributed by atoms with E-state index < -0.39 is 6.04 Å². The zero-order chi connectivity index (χ0) is 18.7. The van der Waals surface area contributed by atoms with Crippen molar-refractivity contribution in [3.8, 4) is 5.75 Å². The number of methoxy groups -OCH3 is 1. The normalized spacial score (nSPS) is 17.8. The molecule has 26 heavy (non-hydrogen) atoms. The molecule has 0 spiro atoms. The number of ether oxygens (including phenoxy) is 1. The Morgan fingerprint density at radius 3 is 2.65 bits per heavy atom. The monoisotopic (exact) mass is 357 g/mol. The fourth-order valence-corrected chi connectivity index (χ4v) is 3.54. The molecule has 1 saturated heterocycles. The second-order valence-electron chi connectivity index (χ2n) is 7.31. The maximum atomic E-state index is 12.8. The molecule has 2 heterocycles. The molecule has 1 fully saturated rings. The summed E-state index contributed by atoms with van der Waals surface area (Å²) >= 11 is 0. The maximum absolute atomic E-state index is 12.8. The first-order chi connectivity index (χ1) is 12.4. The number of rotatable bonds is 5. The molecule has 0 radical (unpaired) electrons. The molecule has 140 valence electrons. The molecule has 1 amide bonds. The van der Waals surface area contributed by atoms with Crippen LogP contribution in [0.25, 0.3) is 0 Å². The van der Waals surface area contributed by atoms with Crippen LogP contribution in [-0.2, 0) is 11.2 Å². The van der Waals surface area contributed by atoms with Gasteiger partial charge in [-0.05, 0) is 38.1 Å². The van der Waals surface area contributed by atoms with E-state index in [4.69, 9.17) is 10.5 Å². The van der Waals surface area contributed by atoms with E-state index in [-0.39, 0.29) is 11.4 Å². The second kappa shape index (κ2) is 7.37. The smallest absolute Gasteiger partial charge is 0.240 e. The fraction of sp³-hybridized carbons (Fsp3) is 0.474. The standard InChI is InChI=1S/C19H27N5O2/c1-19(2)12-23(18(25)17(20)10-14-11-21-13-22-14)8-9-24(19)15-4-6-16(26-3)7-5-15/h4-7,11,13,17H,8-10,12,20H2,1-3H3,(H,21,22)/t17-/m0/s1. The average molecular weight is 357 g/mol. The number of nitrogens with two attached hydrogens (primary N) is 1. The van der Waals surface area contributed by atoms with E-state index in [1.807, 2.05) is 17.0 Å². The van der Waals surface area contributed by atoms with Gasteiger partial charge in [0.15, 0.2) is 0 Å². The Balaban J connectivity index is 1.66. The van der Waals surface area contributed by atoms with E-state index >= 15 is 0 Å². The number of nitrogens with one attached hydrogen (secondary N) is 1. The van der Waals surface area contributed by atoms with Gasteiger partial charge in [-0.2, -0.15) is 0 Å². The second-order valence-corrected chi connectivity index (χ2v) is 7.31. The van der Waals surface area contributed by atoms with Crippen molar-refractivity contribution >= 4 is 11.6 Å². The third-order valence-electron chi connectivity index (χ3n) is 4.91. The number of hydrogen-bond donors (Lipinski definition) is 2. The first-order valence-corrected chi connectivity index (χ1v) is 8.84. The van der Waals surface area contributed by atoms with Crippen LogP contribution in [-0.4, -0.2) is 59.1 Å². The average Bonchev–Trinajstić information content (AvgIpc) is 3.13. The largest absolute Gasteiger partial charge is 0.497 e. The van der Waals surface area contributed by atoms with Gasteiger partial charge in [0.2, 0.25) is 5.91 Å². The van der Waals surface area contributed by atoms with Gasteiger partial charge in [-0.1, -0.05) is 0 Å². The maximum Gasteiger partial charge on any atom is 0.240 e. The molecule has 1 aromatic heterocycles. The zero-order valence-electron chi connectivity index (χ0n) is 15.6. The summed E-state index contributed by atoms with van der Waals surface area (Å²) in [6.45, 7) is 6.36. The molecule has 0 aliphatic carbocycles. The lowest BCUT2D eigenvalue weighted by Gasteiger charge is -2.49. The van der Waals surface area contributed by atoms with Gasteiger partial charge in [0.1, 0.15) is 5.75 Å². The molecule has 1 atom stereocenters. The van der Waals surface area contributed by atoms with E-state index in [1.54, 1.807) is 19.6 Å². The summed E-state index contributed by atoms with van der Waals surface area (Å²) in [7, 11) is 1.66. The SMILES string of the molecule is COc1ccc(N2CCN(C(=O)[C@@H](N)Cc3cnc[nH]3)CC2(C)C)cc1. The van der Waals surface area contributed by atoms with Crippen LogP contribution in [0.5, 0.6) is 5.75 Å². The van der Waals surface area contributed by atoms with Gasteiger partial charge in [-0.25, -0.2) is 4.98 Å². The number of aromatic amines is 1. The van der Waals surface area contributed by atoms with Crippen molar-refractivity contribution in [3.63, 3.8) is 0 Å². The minimum atomic E-state index is -0.557. The fourth-order valence-electron chi connectivity index (χ4n) is 3.54. The van der Waals surface area contributed by atoms with Crippen LogP contribution in [0.1, 0.15) is 19.5 Å². The molecule has 0 unspecified atom stereocenters. The van der Waals surface area contributed by atoms with Gasteiger partial charge >= 0.3 is 0 Å². The van der Waals surface area contributed by atoms with Crippen LogP contribution in [0.3, 0.4) is 0 Å². The summed E-state index contributed by atoms with van der Waals surface area (Å²) in [6.07, 6.45) is 3.78. The summed E-state index contributed by atoms with van der Waals surface area (Å²) in [5.74, 6) is 0.826. The van der Waals surface area contributed by atoms with Crippen LogP contribution in [0.15, 0.2) is 36.8 Å². The van der Waals surface area contributed by atoms with Crippen molar-refractivity contribution in [1.82, 2.24) is 14.9 Å². The highest BCUT2D eigenvalue weighted by molar-refractivity contribution is 5.82. The number of carbonyl (C=O) groups excluding carboxylic acids is 1. The van der Waals surface area contributed by atoms with Crippen molar-refractivity contribution in [2.75, 3.05) is 31.6 Å². The third-order valence-corrected chi connectivity index (χ3v) is 4.91. The lowest BCUT2D eigenvalue weighted by molar-refractivity contribution is -0.134. The number of hydrogen-bond acceptors (Lipinski definition) is 5. The van der Waals surface area contributed by atoms with Crippen LogP contribution in [0, 0.1) is 0 Å². The van der Waals surface area contributed by atoms with Crippen LogP contribution >= 0.6 is 0 Å². The number of imidazole rings is 1. The summed E-state index contributed by atoms with van der Waals surface area (Å²) < 4.78 is 5.23. The molecule has 3 N–H and O–H groups in total. The minimum absolute atomic E-state index is 0.0120. The summed E-state index contributed by atoms with van der Waals surface area (Å²) in [5, 5.41) is 0. The Labute approximate surface area is 154 Å². The molecule has 0 bridgehead atoms. The molecular weight excluding hydrogens is 330 g/mol. The first-order valence-electron chi connectivity index (χ1n) is 8.84. The number of aromatic nitrogens is 2. The Morgan fingerprint density at radius 1 is 1.35 bits per heavy atom. The van der Waals surface area contributed by atoms with Crippen LogP contribution in [0.4, 0.5) is 5.69 Å². The zero-order valence-corrected chi connectivity index (χ0v) is 15.6. The van der Waals surface area contributed by atoms with Crippen molar-refractivity contribution < 1.29 is 9.53 Å². The Morgan fingerprint density at radius 2 is 2.08 bits per heavy atom. The number of anilines is 1. The molecule has 1 aliphatic rings. The van der Waals surface area contributed by atoms with E-state index in [2.05, 4.69) is 40.8 Å². The van der Waals surface area contributed by atoms with Gasteiger partial charge in [0.05, 0.1) is 25.0 Å². The van der Waals surface area contributed by atoms with E-state index in [0.29, 0.717) is 19.5 Å². The topological polar surface area (TPSA) is 87.5 Å². The van der Waals surface area contributed by atoms with Gasteiger partial charge in [0.25, 0.3) is 0 Å². The Kier molecular flexibility index (Phi) is 5.18. The van der Waals surface area contributed by atoms with Gasteiger partial charge < -0.3 is 25.3 Å². The van der Waals surface area contributed by atoms with Crippen molar-refractivity contribution in [2.24, 2.45) is 5.73 Å². The summed E-state index contributed by atoms with van der Waals surface area (Å²) in [5.41, 5.74) is 7.96. The Bertz CT molecular complexity index is 727. The van der Waals surface area contributed by atoms with Gasteiger partial charge in [-0.3, -0.25) is 4.79 Å². The quantitative estimate of drug-likeness (QED) is 0.845. The summed E-state index contributed by atoms with van der Waals surface area (Å²) in [6, 6.07) is 7.48. The molecule has 7 nitrogen and oxygen atoms in total. The number of H-pyrrole nitrogens is 1. The highest BCUT2D eigenvalue weighted by atomic mass is 16.5. The Hall–Kier alpha value is -2.54. The van der Waals surface area contributed by atoms with Crippen molar-refractivity contribution in [2.45, 2.75) is 31.8 Å². The van der Waals surface area contributed by atoms with Gasteiger partial charge in [0, 0.05) is 43.6 Å². The summed E-state index contributed by atoms with van der Waals surface area (Å²) in [4.78, 5) is 24.0. The molecule has 1 aliphatic heterocycles. The molecule has 7 heteroatoms. The molecule has 1 aromatic carbocycles. The van der Waals surface area contributed by atoms with Crippen LogP contribution < -0.4 is 15.4 Å². The number of piperazine rings is 1. The van der Waals surface area contributed by atoms with Gasteiger partial charge in [-0.15, -0.1) is 0 Å². The number of carbonyl (C=O) groups is 1. The van der Waals surface area contributed by atoms with E-state index in [9.17, 15) is 4.79 Å². The first kappa shape index (κ1) is 18.3. The third kappa shape index (κ3) is 3.83. The minimum Gasteiger partial charge on any atom is -0.497 e. The number of nitrogens with zero attached hydrogens (tertiary/aromatic N) is 3. The molecule has 0 saturated carbocycles. The number of amides is 1.